The van der Waals surface area contributed by atoms with Crippen LogP contribution in [0.1, 0.15) is 84.9 Å². The molecule has 0 aliphatic rings. The Balaban J connectivity index is 3.44. The summed E-state index contributed by atoms with van der Waals surface area (Å²) in [6.07, 6.45) is 9.21. The SMILES string of the molecule is CCC/C(=C/C=C/C(C)=C/C(=O)O)c1cc(C(C)(C)C)cc(C(C)(C)C)c1. The molecule has 0 amide bonds. The number of hydrogen-bond acceptors (Lipinski definition) is 1. The molecule has 27 heavy (non-hydrogen) atoms. The summed E-state index contributed by atoms with van der Waals surface area (Å²) in [6.45, 7) is 17.5. The minimum Gasteiger partial charge on any atom is -0.478 e. The van der Waals surface area contributed by atoms with Crippen LogP contribution in [0.4, 0.5) is 0 Å². The highest BCUT2D eigenvalue weighted by Gasteiger charge is 2.21. The van der Waals surface area contributed by atoms with Gasteiger partial charge >= 0.3 is 5.97 Å². The Labute approximate surface area is 165 Å². The summed E-state index contributed by atoms with van der Waals surface area (Å²) in [6, 6.07) is 6.96. The summed E-state index contributed by atoms with van der Waals surface area (Å²) in [5.41, 5.74) is 6.14. The second-order valence-corrected chi connectivity index (χ2v) is 9.33. The van der Waals surface area contributed by atoms with Crippen molar-refractivity contribution in [3.05, 3.63) is 64.8 Å². The number of aliphatic carboxylic acids is 1. The lowest BCUT2D eigenvalue weighted by atomic mass is 9.78. The van der Waals surface area contributed by atoms with Crippen LogP contribution in [0.15, 0.2) is 48.1 Å². The fourth-order valence-electron chi connectivity index (χ4n) is 2.83. The number of carbonyl (C=O) groups is 1. The average molecular weight is 369 g/mol. The van der Waals surface area contributed by atoms with Crippen LogP contribution in [-0.2, 0) is 15.6 Å². The van der Waals surface area contributed by atoms with E-state index in [0.717, 1.165) is 18.4 Å². The second-order valence-electron chi connectivity index (χ2n) is 9.33. The molecule has 0 aromatic heterocycles. The fourth-order valence-corrected chi connectivity index (χ4v) is 2.83. The Morgan fingerprint density at radius 1 is 1.00 bits per heavy atom. The Morgan fingerprint density at radius 3 is 1.93 bits per heavy atom. The molecule has 0 atom stereocenters. The lowest BCUT2D eigenvalue weighted by Crippen LogP contribution is -2.17. The van der Waals surface area contributed by atoms with E-state index in [4.69, 9.17) is 5.11 Å². The third kappa shape index (κ3) is 7.58. The summed E-state index contributed by atoms with van der Waals surface area (Å²) < 4.78 is 0. The van der Waals surface area contributed by atoms with Gasteiger partial charge in [-0.3, -0.25) is 0 Å². The minimum absolute atomic E-state index is 0.0873. The summed E-state index contributed by atoms with van der Waals surface area (Å²) in [4.78, 5) is 10.8. The molecule has 0 aliphatic heterocycles. The first-order chi connectivity index (χ1) is 12.3. The van der Waals surface area contributed by atoms with Crippen molar-refractivity contribution in [2.24, 2.45) is 0 Å². The Hall–Kier alpha value is -2.09. The van der Waals surface area contributed by atoms with Crippen LogP contribution in [0.25, 0.3) is 5.57 Å². The molecular formula is C25H36O2. The van der Waals surface area contributed by atoms with Gasteiger partial charge in [0.05, 0.1) is 0 Å². The molecule has 0 fully saturated rings. The number of hydrogen-bond donors (Lipinski definition) is 1. The quantitative estimate of drug-likeness (QED) is 0.431. The van der Waals surface area contributed by atoms with Crippen LogP contribution in [0.3, 0.4) is 0 Å². The maximum Gasteiger partial charge on any atom is 0.328 e. The highest BCUT2D eigenvalue weighted by Crippen LogP contribution is 2.33. The van der Waals surface area contributed by atoms with E-state index < -0.39 is 5.97 Å². The van der Waals surface area contributed by atoms with Crippen molar-refractivity contribution in [3.63, 3.8) is 0 Å². The van der Waals surface area contributed by atoms with E-state index in [-0.39, 0.29) is 10.8 Å². The Bertz CT molecular complexity index is 715. The highest BCUT2D eigenvalue weighted by atomic mass is 16.4. The third-order valence-electron chi connectivity index (χ3n) is 4.56. The summed E-state index contributed by atoms with van der Waals surface area (Å²) in [5, 5.41) is 8.84. The predicted molar refractivity (Wildman–Crippen MR) is 117 cm³/mol. The van der Waals surface area contributed by atoms with Crippen LogP contribution in [0.5, 0.6) is 0 Å². The molecule has 1 aromatic rings. The second kappa shape index (κ2) is 9.21. The summed E-state index contributed by atoms with van der Waals surface area (Å²) in [5.74, 6) is -0.914. The van der Waals surface area contributed by atoms with E-state index >= 15 is 0 Å². The smallest absolute Gasteiger partial charge is 0.328 e. The molecule has 2 heteroatoms. The monoisotopic (exact) mass is 368 g/mol. The van der Waals surface area contributed by atoms with E-state index in [9.17, 15) is 4.79 Å². The van der Waals surface area contributed by atoms with Crippen LogP contribution in [-0.4, -0.2) is 11.1 Å². The van der Waals surface area contributed by atoms with Crippen molar-refractivity contribution in [2.75, 3.05) is 0 Å². The number of allylic oxidation sites excluding steroid dienone is 5. The van der Waals surface area contributed by atoms with Crippen LogP contribution >= 0.6 is 0 Å². The number of carboxylic acids is 1. The lowest BCUT2D eigenvalue weighted by molar-refractivity contribution is -0.131. The van der Waals surface area contributed by atoms with Gasteiger partial charge in [0.2, 0.25) is 0 Å². The molecule has 1 N–H and O–H groups in total. The third-order valence-corrected chi connectivity index (χ3v) is 4.56. The standard InChI is InChI=1S/C25H36O2/c1-9-11-19(13-10-12-18(2)14-23(26)27)20-15-21(24(3,4)5)17-22(16-20)25(6,7)8/h10,12-17H,9,11H2,1-8H3,(H,26,27)/b12-10+,18-14+,19-13-. The van der Waals surface area contributed by atoms with Gasteiger partial charge < -0.3 is 5.11 Å². The van der Waals surface area contributed by atoms with Crippen molar-refractivity contribution in [3.8, 4) is 0 Å². The first-order valence-electron chi connectivity index (χ1n) is 9.79. The van der Waals surface area contributed by atoms with Gasteiger partial charge in [-0.2, -0.15) is 0 Å². The maximum atomic E-state index is 10.8. The molecule has 0 unspecified atom stereocenters. The number of rotatable bonds is 6. The zero-order chi connectivity index (χ0) is 20.8. The predicted octanol–water partition coefficient (Wildman–Crippen LogP) is 7.05. The van der Waals surface area contributed by atoms with Gasteiger partial charge in [-0.1, -0.05) is 91.3 Å². The van der Waals surface area contributed by atoms with Gasteiger partial charge in [0.1, 0.15) is 0 Å². The fraction of sp³-hybridized carbons (Fsp3) is 0.480. The van der Waals surface area contributed by atoms with Crippen molar-refractivity contribution in [2.45, 2.75) is 79.1 Å². The number of carboxylic acid groups (broad SMARTS) is 1. The van der Waals surface area contributed by atoms with Gasteiger partial charge in [-0.05, 0) is 52.0 Å². The van der Waals surface area contributed by atoms with Crippen molar-refractivity contribution in [1.29, 1.82) is 0 Å². The van der Waals surface area contributed by atoms with E-state index in [2.05, 4.69) is 72.7 Å². The normalized spacial score (nSPS) is 14.1. The molecule has 0 spiro atoms. The van der Waals surface area contributed by atoms with Crippen LogP contribution < -0.4 is 0 Å². The highest BCUT2D eigenvalue weighted by molar-refractivity contribution is 5.81. The van der Waals surface area contributed by atoms with Gasteiger partial charge in [-0.15, -0.1) is 0 Å². The van der Waals surface area contributed by atoms with Crippen molar-refractivity contribution < 1.29 is 9.90 Å². The van der Waals surface area contributed by atoms with Gasteiger partial charge in [0, 0.05) is 6.08 Å². The van der Waals surface area contributed by atoms with Gasteiger partial charge in [-0.25, -0.2) is 4.79 Å². The Kier molecular flexibility index (Phi) is 7.83. The maximum absolute atomic E-state index is 10.8. The van der Waals surface area contributed by atoms with E-state index in [0.29, 0.717) is 0 Å². The lowest BCUT2D eigenvalue weighted by Gasteiger charge is -2.26. The minimum atomic E-state index is -0.914. The average Bonchev–Trinajstić information content (AvgIpc) is 2.51. The molecule has 0 saturated heterocycles. The molecule has 0 heterocycles. The molecule has 1 rings (SSSR count). The molecule has 0 aliphatic carbocycles. The first-order valence-corrected chi connectivity index (χ1v) is 9.79. The zero-order valence-electron chi connectivity index (χ0n) is 18.3. The molecular weight excluding hydrogens is 332 g/mol. The summed E-state index contributed by atoms with van der Waals surface area (Å²) in [7, 11) is 0. The molecule has 1 aromatic carbocycles. The van der Waals surface area contributed by atoms with E-state index in [1.165, 1.54) is 28.3 Å². The molecule has 0 saturated carbocycles. The first kappa shape index (κ1) is 23.0. The van der Waals surface area contributed by atoms with Gasteiger partial charge in [0.15, 0.2) is 0 Å². The molecule has 0 bridgehead atoms. The largest absolute Gasteiger partial charge is 0.478 e. The zero-order valence-corrected chi connectivity index (χ0v) is 18.3. The van der Waals surface area contributed by atoms with E-state index in [1.807, 2.05) is 12.2 Å². The molecule has 148 valence electrons. The van der Waals surface area contributed by atoms with Crippen LogP contribution in [0.2, 0.25) is 0 Å². The van der Waals surface area contributed by atoms with Gasteiger partial charge in [0.25, 0.3) is 0 Å². The van der Waals surface area contributed by atoms with Crippen molar-refractivity contribution >= 4 is 11.5 Å². The van der Waals surface area contributed by atoms with E-state index in [1.54, 1.807) is 6.92 Å². The number of benzene rings is 1. The van der Waals surface area contributed by atoms with Crippen molar-refractivity contribution in [1.82, 2.24) is 0 Å². The van der Waals surface area contributed by atoms with Crippen LogP contribution in [0, 0.1) is 0 Å². The molecule has 0 radical (unpaired) electrons. The summed E-state index contributed by atoms with van der Waals surface area (Å²) >= 11 is 0. The Morgan fingerprint density at radius 2 is 1.52 bits per heavy atom. The molecule has 2 nitrogen and oxygen atoms in total. The topological polar surface area (TPSA) is 37.3 Å².